The zero-order valence-electron chi connectivity index (χ0n) is 20.0. The summed E-state index contributed by atoms with van der Waals surface area (Å²) in [6.07, 6.45) is 7.20. The third-order valence-corrected chi connectivity index (χ3v) is 6.16. The van der Waals surface area contributed by atoms with Crippen molar-refractivity contribution >= 4 is 11.6 Å². The summed E-state index contributed by atoms with van der Waals surface area (Å²) in [6.45, 7) is 6.77. The fourth-order valence-corrected chi connectivity index (χ4v) is 4.00. The molecule has 2 aromatic rings. The summed E-state index contributed by atoms with van der Waals surface area (Å²) >= 11 is 0. The van der Waals surface area contributed by atoms with Crippen LogP contribution in [0.3, 0.4) is 0 Å². The van der Waals surface area contributed by atoms with Gasteiger partial charge in [-0.2, -0.15) is 0 Å². The lowest BCUT2D eigenvalue weighted by Crippen LogP contribution is -2.29. The van der Waals surface area contributed by atoms with Gasteiger partial charge in [-0.3, -0.25) is 19.4 Å². The van der Waals surface area contributed by atoms with Gasteiger partial charge in [0.15, 0.2) is 0 Å². The van der Waals surface area contributed by atoms with Crippen molar-refractivity contribution in [1.82, 2.24) is 20.0 Å². The van der Waals surface area contributed by atoms with Crippen LogP contribution in [0.2, 0.25) is 0 Å². The van der Waals surface area contributed by atoms with Crippen molar-refractivity contribution in [3.05, 3.63) is 50.9 Å². The van der Waals surface area contributed by atoms with Crippen LogP contribution in [0.5, 0.6) is 0 Å². The van der Waals surface area contributed by atoms with Crippen LogP contribution in [0.4, 0.5) is 5.69 Å². The molecule has 0 spiro atoms. The standard InChI is InChI=1S/C16H22N4O2.C8H17N/c1-5-17-14-8-6-7-12(10(14)2)15(21)18-9-13-11(3)20(4)19-16(13)22;1-9(2)8-6-4-3-5-7-8/h6-8,17H,5,9H2,1-4H3,(H,18,21)(H,19,22);8H,3-7H2,1-2H3. The van der Waals surface area contributed by atoms with E-state index in [4.69, 9.17) is 0 Å². The summed E-state index contributed by atoms with van der Waals surface area (Å²) in [4.78, 5) is 26.5. The van der Waals surface area contributed by atoms with Gasteiger partial charge in [-0.15, -0.1) is 0 Å². The number of hydrogen-bond donors (Lipinski definition) is 3. The number of carbonyl (C=O) groups is 1. The third kappa shape index (κ3) is 6.72. The molecule has 7 nitrogen and oxygen atoms in total. The predicted molar refractivity (Wildman–Crippen MR) is 128 cm³/mol. The molecule has 1 aromatic carbocycles. The maximum absolute atomic E-state index is 12.4. The van der Waals surface area contributed by atoms with Crippen molar-refractivity contribution in [3.8, 4) is 0 Å². The van der Waals surface area contributed by atoms with Crippen LogP contribution in [0.25, 0.3) is 0 Å². The lowest BCUT2D eigenvalue weighted by atomic mass is 9.95. The van der Waals surface area contributed by atoms with Crippen molar-refractivity contribution in [3.63, 3.8) is 0 Å². The Kier molecular flexibility index (Phi) is 9.37. The van der Waals surface area contributed by atoms with E-state index in [1.54, 1.807) is 17.8 Å². The number of aromatic amines is 1. The van der Waals surface area contributed by atoms with Crippen molar-refractivity contribution in [2.24, 2.45) is 7.05 Å². The van der Waals surface area contributed by atoms with Crippen molar-refractivity contribution in [1.29, 1.82) is 0 Å². The van der Waals surface area contributed by atoms with Crippen LogP contribution >= 0.6 is 0 Å². The molecule has 0 bridgehead atoms. The lowest BCUT2D eigenvalue weighted by Gasteiger charge is -2.27. The Hall–Kier alpha value is -2.54. The molecular weight excluding hydrogens is 390 g/mol. The van der Waals surface area contributed by atoms with Crippen molar-refractivity contribution < 1.29 is 4.79 Å². The van der Waals surface area contributed by atoms with Crippen molar-refractivity contribution in [2.45, 2.75) is 65.5 Å². The van der Waals surface area contributed by atoms with E-state index in [-0.39, 0.29) is 18.0 Å². The third-order valence-electron chi connectivity index (χ3n) is 6.16. The second kappa shape index (κ2) is 11.7. The smallest absolute Gasteiger partial charge is 0.269 e. The molecule has 172 valence electrons. The minimum atomic E-state index is -0.181. The fraction of sp³-hybridized carbons (Fsp3) is 0.583. The number of rotatable bonds is 6. The lowest BCUT2D eigenvalue weighted by molar-refractivity contribution is 0.0950. The predicted octanol–water partition coefficient (Wildman–Crippen LogP) is 3.57. The molecule has 3 rings (SSSR count). The molecule has 1 fully saturated rings. The van der Waals surface area contributed by atoms with Gasteiger partial charge in [-0.05, 0) is 65.4 Å². The number of aromatic nitrogens is 2. The van der Waals surface area contributed by atoms with E-state index in [1.807, 2.05) is 32.9 Å². The fourth-order valence-electron chi connectivity index (χ4n) is 4.00. The van der Waals surface area contributed by atoms with Crippen LogP contribution in [0.15, 0.2) is 23.0 Å². The normalized spacial score (nSPS) is 14.2. The maximum atomic E-state index is 12.4. The van der Waals surface area contributed by atoms with E-state index in [0.29, 0.717) is 11.1 Å². The molecule has 1 aromatic heterocycles. The first-order valence-corrected chi connectivity index (χ1v) is 11.3. The second-order valence-corrected chi connectivity index (χ2v) is 8.51. The second-order valence-electron chi connectivity index (χ2n) is 8.51. The molecule has 1 saturated carbocycles. The molecule has 0 atom stereocenters. The highest BCUT2D eigenvalue weighted by Gasteiger charge is 2.15. The topological polar surface area (TPSA) is 82.2 Å². The van der Waals surface area contributed by atoms with Crippen LogP contribution in [-0.2, 0) is 13.6 Å². The van der Waals surface area contributed by atoms with E-state index in [2.05, 4.69) is 34.7 Å². The molecule has 0 saturated heterocycles. The zero-order valence-corrected chi connectivity index (χ0v) is 20.0. The number of aryl methyl sites for hydroxylation is 1. The summed E-state index contributed by atoms with van der Waals surface area (Å²) in [5.74, 6) is -0.181. The Morgan fingerprint density at radius 1 is 1.19 bits per heavy atom. The number of anilines is 1. The highest BCUT2D eigenvalue weighted by atomic mass is 16.2. The molecule has 7 heteroatoms. The highest BCUT2D eigenvalue weighted by Crippen LogP contribution is 2.20. The average molecular weight is 430 g/mol. The van der Waals surface area contributed by atoms with Gasteiger partial charge in [-0.1, -0.05) is 25.3 Å². The van der Waals surface area contributed by atoms with E-state index < -0.39 is 0 Å². The molecule has 3 N–H and O–H groups in total. The summed E-state index contributed by atoms with van der Waals surface area (Å²) in [6, 6.07) is 6.47. The Balaban J connectivity index is 0.000000316. The number of benzene rings is 1. The van der Waals surface area contributed by atoms with Gasteiger partial charge in [0.2, 0.25) is 0 Å². The summed E-state index contributed by atoms with van der Waals surface area (Å²) < 4.78 is 1.65. The number of amides is 1. The summed E-state index contributed by atoms with van der Waals surface area (Å²) in [7, 11) is 6.15. The largest absolute Gasteiger partial charge is 0.385 e. The van der Waals surface area contributed by atoms with E-state index >= 15 is 0 Å². The SMILES string of the molecule is CCNc1cccc(C(=O)NCc2c(C)n(C)[nH]c2=O)c1C.CN(C)C1CCCCC1. The first kappa shape index (κ1) is 24.7. The van der Waals surface area contributed by atoms with Gasteiger partial charge in [-0.25, -0.2) is 0 Å². The van der Waals surface area contributed by atoms with Crippen LogP contribution < -0.4 is 16.2 Å². The molecule has 1 heterocycles. The average Bonchev–Trinajstić information content (AvgIpc) is 3.00. The number of nitrogens with zero attached hydrogens (tertiary/aromatic N) is 2. The Morgan fingerprint density at radius 2 is 1.87 bits per heavy atom. The quantitative estimate of drug-likeness (QED) is 0.656. The van der Waals surface area contributed by atoms with Gasteiger partial charge in [0.1, 0.15) is 0 Å². The summed E-state index contributed by atoms with van der Waals surface area (Å²) in [5, 5.41) is 8.72. The van der Waals surface area contributed by atoms with Gasteiger partial charge in [0.05, 0.1) is 12.1 Å². The van der Waals surface area contributed by atoms with Gasteiger partial charge in [0.25, 0.3) is 11.5 Å². The molecule has 0 unspecified atom stereocenters. The molecule has 1 aliphatic rings. The number of carbonyl (C=O) groups excluding carboxylic acids is 1. The molecular formula is C24H39N5O2. The minimum Gasteiger partial charge on any atom is -0.385 e. The molecule has 0 aliphatic heterocycles. The van der Waals surface area contributed by atoms with E-state index in [0.717, 1.165) is 29.5 Å². The van der Waals surface area contributed by atoms with E-state index in [9.17, 15) is 9.59 Å². The van der Waals surface area contributed by atoms with Crippen LogP contribution in [-0.4, -0.2) is 47.3 Å². The maximum Gasteiger partial charge on any atom is 0.269 e. The Morgan fingerprint density at radius 3 is 2.39 bits per heavy atom. The van der Waals surface area contributed by atoms with Crippen molar-refractivity contribution in [2.75, 3.05) is 26.0 Å². The summed E-state index contributed by atoms with van der Waals surface area (Å²) in [5.41, 5.74) is 3.70. The molecule has 0 radical (unpaired) electrons. The number of hydrogen-bond acceptors (Lipinski definition) is 4. The molecule has 1 aliphatic carbocycles. The van der Waals surface area contributed by atoms with Crippen LogP contribution in [0, 0.1) is 13.8 Å². The Bertz CT molecular complexity index is 907. The zero-order chi connectivity index (χ0) is 23.0. The molecule has 31 heavy (non-hydrogen) atoms. The number of nitrogens with one attached hydrogen (secondary N) is 3. The van der Waals surface area contributed by atoms with Gasteiger partial charge >= 0.3 is 0 Å². The number of H-pyrrole nitrogens is 1. The van der Waals surface area contributed by atoms with Crippen LogP contribution in [0.1, 0.15) is 66.2 Å². The first-order valence-electron chi connectivity index (χ1n) is 11.3. The van der Waals surface area contributed by atoms with Gasteiger partial charge in [0, 0.05) is 36.6 Å². The Labute approximate surface area is 186 Å². The van der Waals surface area contributed by atoms with E-state index in [1.165, 1.54) is 32.1 Å². The first-order chi connectivity index (χ1) is 14.8. The highest BCUT2D eigenvalue weighted by molar-refractivity contribution is 5.97. The monoisotopic (exact) mass is 429 g/mol. The van der Waals surface area contributed by atoms with Gasteiger partial charge < -0.3 is 15.5 Å². The minimum absolute atomic E-state index is 0.168. The molecule has 1 amide bonds.